The summed E-state index contributed by atoms with van der Waals surface area (Å²) in [5.74, 6) is -0.245. The molecule has 30 heavy (non-hydrogen) atoms. The van der Waals surface area contributed by atoms with Gasteiger partial charge < -0.3 is 15.1 Å². The van der Waals surface area contributed by atoms with Crippen molar-refractivity contribution >= 4 is 27.3 Å². The molecule has 1 saturated heterocycles. The monoisotopic (exact) mass is 450 g/mol. The van der Waals surface area contributed by atoms with Crippen LogP contribution in [0.3, 0.4) is 0 Å². The van der Waals surface area contributed by atoms with E-state index in [1.54, 1.807) is 12.1 Å². The van der Waals surface area contributed by atoms with Crippen LogP contribution in [0.5, 0.6) is 0 Å². The van der Waals surface area contributed by atoms with Crippen molar-refractivity contribution in [2.45, 2.75) is 24.3 Å². The number of rotatable bonds is 10. The highest BCUT2D eigenvalue weighted by molar-refractivity contribution is 7.89. The quantitative estimate of drug-likeness (QED) is 0.541. The summed E-state index contributed by atoms with van der Waals surface area (Å²) >= 11 is 1.49. The number of nitrogens with one attached hydrogen (secondary N) is 2. The number of hydrogen-bond donors (Lipinski definition) is 2. The fourth-order valence-corrected chi connectivity index (χ4v) is 5.09. The fraction of sp³-hybridized carbons (Fsp3) is 0.476. The molecule has 1 aromatic heterocycles. The van der Waals surface area contributed by atoms with E-state index in [9.17, 15) is 13.2 Å². The van der Waals surface area contributed by atoms with Gasteiger partial charge in [-0.1, -0.05) is 12.1 Å². The van der Waals surface area contributed by atoms with Crippen molar-refractivity contribution in [3.8, 4) is 0 Å². The Hall–Kier alpha value is -1.78. The van der Waals surface area contributed by atoms with Crippen LogP contribution in [-0.4, -0.2) is 70.4 Å². The first kappa shape index (κ1) is 22.9. The van der Waals surface area contributed by atoms with Crippen molar-refractivity contribution in [1.82, 2.24) is 19.8 Å². The number of nitrogens with zero attached hydrogens (tertiary/aromatic N) is 2. The minimum absolute atomic E-state index is 0.0989. The number of likely N-dealkylation sites (N-methyl/N-ethyl adjacent to an activating group) is 1. The molecule has 1 aliphatic rings. The van der Waals surface area contributed by atoms with Gasteiger partial charge >= 0.3 is 0 Å². The molecule has 1 aliphatic heterocycles. The molecule has 0 bridgehead atoms. The molecule has 3 rings (SSSR count). The van der Waals surface area contributed by atoms with Gasteiger partial charge in [-0.3, -0.25) is 4.79 Å². The Morgan fingerprint density at radius 3 is 2.63 bits per heavy atom. The van der Waals surface area contributed by atoms with Gasteiger partial charge in [0.1, 0.15) is 0 Å². The fourth-order valence-electron chi connectivity index (χ4n) is 3.30. The number of thiophene rings is 1. The van der Waals surface area contributed by atoms with Crippen LogP contribution in [0.2, 0.25) is 0 Å². The first-order chi connectivity index (χ1) is 14.4. The summed E-state index contributed by atoms with van der Waals surface area (Å²) in [5, 5.41) is 4.80. The van der Waals surface area contributed by atoms with Gasteiger partial charge in [0.2, 0.25) is 10.0 Å². The van der Waals surface area contributed by atoms with Gasteiger partial charge in [-0.15, -0.1) is 11.3 Å². The molecule has 9 heteroatoms. The Morgan fingerprint density at radius 2 is 1.90 bits per heavy atom. The van der Waals surface area contributed by atoms with Gasteiger partial charge in [0.05, 0.1) is 4.90 Å². The van der Waals surface area contributed by atoms with Crippen molar-refractivity contribution in [2.75, 3.05) is 46.3 Å². The molecule has 1 fully saturated rings. The second kappa shape index (κ2) is 11.0. The van der Waals surface area contributed by atoms with Crippen molar-refractivity contribution in [1.29, 1.82) is 0 Å². The number of benzene rings is 1. The van der Waals surface area contributed by atoms with Gasteiger partial charge in [-0.05, 0) is 56.1 Å². The zero-order valence-electron chi connectivity index (χ0n) is 17.3. The number of piperazine rings is 1. The standard InChI is InChI=1S/C21H30N4O3S2/c1-24-11-13-25(14-12-24)10-3-2-9-22-21(26)18-6-4-8-20(16-18)30(27,28)23-17-19-7-5-15-29-19/h4-8,15-16,23H,2-3,9-14,17H2,1H3,(H,22,26). The molecule has 0 atom stereocenters. The number of unbranched alkanes of at least 4 members (excludes halogenated alkanes) is 1. The van der Waals surface area contributed by atoms with Crippen LogP contribution in [0.1, 0.15) is 28.1 Å². The molecule has 2 aromatic rings. The highest BCUT2D eigenvalue weighted by atomic mass is 32.2. The van der Waals surface area contributed by atoms with E-state index in [4.69, 9.17) is 0 Å². The summed E-state index contributed by atoms with van der Waals surface area (Å²) in [7, 11) is -1.52. The van der Waals surface area contributed by atoms with E-state index in [1.807, 2.05) is 17.5 Å². The summed E-state index contributed by atoms with van der Waals surface area (Å²) < 4.78 is 27.6. The van der Waals surface area contributed by atoms with E-state index in [2.05, 4.69) is 26.9 Å². The van der Waals surface area contributed by atoms with Gasteiger partial charge in [0.15, 0.2) is 0 Å². The number of sulfonamides is 1. The summed E-state index contributed by atoms with van der Waals surface area (Å²) in [6.45, 7) is 6.29. The van der Waals surface area contributed by atoms with E-state index in [-0.39, 0.29) is 17.3 Å². The lowest BCUT2D eigenvalue weighted by molar-refractivity contribution is 0.0951. The second-order valence-corrected chi connectivity index (χ2v) is 10.3. The highest BCUT2D eigenvalue weighted by Gasteiger charge is 2.16. The van der Waals surface area contributed by atoms with E-state index < -0.39 is 10.0 Å². The van der Waals surface area contributed by atoms with Gasteiger partial charge in [0.25, 0.3) is 5.91 Å². The first-order valence-corrected chi connectivity index (χ1v) is 12.6. The zero-order chi connectivity index (χ0) is 21.4. The predicted molar refractivity (Wildman–Crippen MR) is 120 cm³/mol. The predicted octanol–water partition coefficient (Wildman–Crippen LogP) is 1.98. The lowest BCUT2D eigenvalue weighted by Gasteiger charge is -2.32. The number of amides is 1. The van der Waals surface area contributed by atoms with Crippen molar-refractivity contribution in [3.05, 3.63) is 52.2 Å². The van der Waals surface area contributed by atoms with Gasteiger partial charge in [-0.25, -0.2) is 13.1 Å². The normalized spacial score (nSPS) is 15.9. The smallest absolute Gasteiger partial charge is 0.251 e. The summed E-state index contributed by atoms with van der Waals surface area (Å²) in [5.41, 5.74) is 0.355. The number of carbonyl (C=O) groups is 1. The number of carbonyl (C=O) groups excluding carboxylic acids is 1. The molecule has 0 radical (unpaired) electrons. The number of hydrogen-bond acceptors (Lipinski definition) is 6. The maximum absolute atomic E-state index is 12.5. The van der Waals surface area contributed by atoms with Crippen molar-refractivity contribution < 1.29 is 13.2 Å². The largest absolute Gasteiger partial charge is 0.352 e. The van der Waals surface area contributed by atoms with Crippen LogP contribution in [0.25, 0.3) is 0 Å². The molecule has 1 aromatic carbocycles. The Bertz CT molecular complexity index is 908. The van der Waals surface area contributed by atoms with E-state index in [0.29, 0.717) is 12.1 Å². The molecular weight excluding hydrogens is 420 g/mol. The van der Waals surface area contributed by atoms with Crippen LogP contribution < -0.4 is 10.0 Å². The molecule has 0 saturated carbocycles. The van der Waals surface area contributed by atoms with Crippen LogP contribution in [0.15, 0.2) is 46.7 Å². The third-order valence-electron chi connectivity index (χ3n) is 5.21. The SMILES string of the molecule is CN1CCN(CCCCNC(=O)c2cccc(S(=O)(=O)NCc3cccs3)c2)CC1. The second-order valence-electron chi connectivity index (χ2n) is 7.54. The van der Waals surface area contributed by atoms with Crippen molar-refractivity contribution in [2.24, 2.45) is 0 Å². The van der Waals surface area contributed by atoms with E-state index in [0.717, 1.165) is 50.4 Å². The molecule has 164 valence electrons. The summed E-state index contributed by atoms with van der Waals surface area (Å²) in [4.78, 5) is 18.3. The van der Waals surface area contributed by atoms with Crippen LogP contribution in [0.4, 0.5) is 0 Å². The maximum atomic E-state index is 12.5. The Labute approximate surface area is 183 Å². The summed E-state index contributed by atoms with van der Waals surface area (Å²) in [6.07, 6.45) is 1.93. The Kier molecular flexibility index (Phi) is 8.41. The van der Waals surface area contributed by atoms with E-state index in [1.165, 1.54) is 23.5 Å². The van der Waals surface area contributed by atoms with E-state index >= 15 is 0 Å². The lowest BCUT2D eigenvalue weighted by atomic mass is 10.2. The molecule has 0 spiro atoms. The average Bonchev–Trinajstić information content (AvgIpc) is 3.27. The molecule has 0 unspecified atom stereocenters. The topological polar surface area (TPSA) is 81.8 Å². The Balaban J connectivity index is 1.43. The molecular formula is C21H30N4O3S2. The first-order valence-electron chi connectivity index (χ1n) is 10.3. The maximum Gasteiger partial charge on any atom is 0.251 e. The molecule has 2 heterocycles. The third kappa shape index (κ3) is 6.88. The highest BCUT2D eigenvalue weighted by Crippen LogP contribution is 2.14. The van der Waals surface area contributed by atoms with Crippen LogP contribution in [0, 0.1) is 0 Å². The van der Waals surface area contributed by atoms with Gasteiger partial charge in [-0.2, -0.15) is 0 Å². The molecule has 1 amide bonds. The van der Waals surface area contributed by atoms with Crippen LogP contribution in [-0.2, 0) is 16.6 Å². The zero-order valence-corrected chi connectivity index (χ0v) is 19.0. The minimum atomic E-state index is -3.67. The minimum Gasteiger partial charge on any atom is -0.352 e. The third-order valence-corrected chi connectivity index (χ3v) is 7.48. The Morgan fingerprint density at radius 1 is 1.10 bits per heavy atom. The average molecular weight is 451 g/mol. The summed E-state index contributed by atoms with van der Waals surface area (Å²) in [6, 6.07) is 9.92. The molecule has 7 nitrogen and oxygen atoms in total. The molecule has 2 N–H and O–H groups in total. The van der Waals surface area contributed by atoms with Gasteiger partial charge in [0, 0.05) is 49.7 Å². The van der Waals surface area contributed by atoms with Crippen molar-refractivity contribution in [3.63, 3.8) is 0 Å². The molecule has 0 aliphatic carbocycles. The lowest BCUT2D eigenvalue weighted by Crippen LogP contribution is -2.44. The van der Waals surface area contributed by atoms with Crippen LogP contribution >= 0.6 is 11.3 Å².